The van der Waals surface area contributed by atoms with Gasteiger partial charge in [-0.2, -0.15) is 16.4 Å². The van der Waals surface area contributed by atoms with Crippen LogP contribution in [0, 0.1) is 0 Å². The highest BCUT2D eigenvalue weighted by atomic mass is 32.1. The number of benzene rings is 1. The first-order chi connectivity index (χ1) is 7.45. The van der Waals surface area contributed by atoms with Crippen LogP contribution in [0.3, 0.4) is 0 Å². The van der Waals surface area contributed by atoms with Crippen LogP contribution in [-0.2, 0) is 0 Å². The monoisotopic (exact) mass is 212 g/mol. The molecule has 0 saturated heterocycles. The van der Waals surface area contributed by atoms with Gasteiger partial charge in [0, 0.05) is 21.7 Å². The molecule has 2 heterocycles. The van der Waals surface area contributed by atoms with Crippen molar-refractivity contribution in [2.45, 2.75) is 0 Å². The van der Waals surface area contributed by atoms with Gasteiger partial charge in [0.15, 0.2) is 0 Å². The minimum Gasteiger partial charge on any atom is -0.158 e. The van der Waals surface area contributed by atoms with Gasteiger partial charge in [0.25, 0.3) is 0 Å². The summed E-state index contributed by atoms with van der Waals surface area (Å²) < 4.78 is 0. The summed E-state index contributed by atoms with van der Waals surface area (Å²) in [4.78, 5) is 0. The topological polar surface area (TPSA) is 25.8 Å². The third-order valence-electron chi connectivity index (χ3n) is 2.37. The fourth-order valence-corrected chi connectivity index (χ4v) is 2.28. The molecule has 0 fully saturated rings. The zero-order valence-electron chi connectivity index (χ0n) is 7.92. The average Bonchev–Trinajstić information content (AvgIpc) is 2.82. The van der Waals surface area contributed by atoms with Gasteiger partial charge in [0.2, 0.25) is 0 Å². The SMILES string of the molecule is c1ccc2c(-c3ccsc3)nncc2c1. The van der Waals surface area contributed by atoms with Crippen LogP contribution in [-0.4, -0.2) is 10.2 Å². The lowest BCUT2D eigenvalue weighted by Gasteiger charge is -2.01. The van der Waals surface area contributed by atoms with E-state index in [0.717, 1.165) is 22.0 Å². The van der Waals surface area contributed by atoms with E-state index in [0.29, 0.717) is 0 Å². The number of nitrogens with zero attached hydrogens (tertiary/aromatic N) is 2. The van der Waals surface area contributed by atoms with Gasteiger partial charge in [-0.15, -0.1) is 5.10 Å². The highest BCUT2D eigenvalue weighted by Crippen LogP contribution is 2.26. The van der Waals surface area contributed by atoms with Gasteiger partial charge >= 0.3 is 0 Å². The third kappa shape index (κ3) is 1.41. The number of hydrogen-bond acceptors (Lipinski definition) is 3. The largest absolute Gasteiger partial charge is 0.158 e. The molecule has 0 aliphatic heterocycles. The van der Waals surface area contributed by atoms with Crippen LogP contribution in [0.2, 0.25) is 0 Å². The van der Waals surface area contributed by atoms with Crippen molar-refractivity contribution < 1.29 is 0 Å². The second-order valence-electron chi connectivity index (χ2n) is 3.29. The Hall–Kier alpha value is -1.74. The summed E-state index contributed by atoms with van der Waals surface area (Å²) >= 11 is 1.68. The Morgan fingerprint density at radius 2 is 2.00 bits per heavy atom. The maximum atomic E-state index is 4.21. The van der Waals surface area contributed by atoms with Crippen LogP contribution >= 0.6 is 11.3 Å². The molecule has 0 amide bonds. The minimum absolute atomic E-state index is 0.967. The van der Waals surface area contributed by atoms with Crippen LogP contribution in [0.4, 0.5) is 0 Å². The standard InChI is InChI=1S/C12H8N2S/c1-2-4-11-9(3-1)7-13-14-12(11)10-5-6-15-8-10/h1-8H. The highest BCUT2D eigenvalue weighted by Gasteiger charge is 2.05. The van der Waals surface area contributed by atoms with E-state index in [1.165, 1.54) is 0 Å². The maximum absolute atomic E-state index is 4.21. The molecular formula is C12H8N2S. The highest BCUT2D eigenvalue weighted by molar-refractivity contribution is 7.08. The molecule has 3 heteroatoms. The number of thiophene rings is 1. The summed E-state index contributed by atoms with van der Waals surface area (Å²) in [6, 6.07) is 10.2. The second kappa shape index (κ2) is 3.44. The molecule has 3 aromatic rings. The van der Waals surface area contributed by atoms with E-state index in [-0.39, 0.29) is 0 Å². The van der Waals surface area contributed by atoms with Gasteiger partial charge in [-0.3, -0.25) is 0 Å². The molecule has 3 rings (SSSR count). The Bertz CT molecular complexity index is 582. The predicted octanol–water partition coefficient (Wildman–Crippen LogP) is 3.36. The van der Waals surface area contributed by atoms with Gasteiger partial charge < -0.3 is 0 Å². The zero-order chi connectivity index (χ0) is 10.1. The Balaban J connectivity index is 2.36. The van der Waals surface area contributed by atoms with Gasteiger partial charge in [0.1, 0.15) is 5.69 Å². The summed E-state index contributed by atoms with van der Waals surface area (Å²) in [5.74, 6) is 0. The Morgan fingerprint density at radius 1 is 1.07 bits per heavy atom. The second-order valence-corrected chi connectivity index (χ2v) is 4.07. The molecule has 2 nitrogen and oxygen atoms in total. The Labute approximate surface area is 91.2 Å². The maximum Gasteiger partial charge on any atom is 0.102 e. The van der Waals surface area contributed by atoms with Crippen LogP contribution in [0.1, 0.15) is 0 Å². The summed E-state index contributed by atoms with van der Waals surface area (Å²) in [5, 5.41) is 14.7. The molecular weight excluding hydrogens is 204 g/mol. The molecule has 0 spiro atoms. The van der Waals surface area contributed by atoms with E-state index >= 15 is 0 Å². The molecule has 0 aliphatic carbocycles. The minimum atomic E-state index is 0.967. The Morgan fingerprint density at radius 3 is 2.87 bits per heavy atom. The van der Waals surface area contributed by atoms with Gasteiger partial charge in [-0.1, -0.05) is 24.3 Å². The van der Waals surface area contributed by atoms with Gasteiger partial charge in [-0.25, -0.2) is 0 Å². The van der Waals surface area contributed by atoms with E-state index in [1.54, 1.807) is 17.5 Å². The van der Waals surface area contributed by atoms with Crippen molar-refractivity contribution in [1.29, 1.82) is 0 Å². The molecule has 0 saturated carbocycles. The molecule has 0 bridgehead atoms. The van der Waals surface area contributed by atoms with E-state index in [4.69, 9.17) is 0 Å². The molecule has 0 unspecified atom stereocenters. The molecule has 0 N–H and O–H groups in total. The zero-order valence-corrected chi connectivity index (χ0v) is 8.74. The van der Waals surface area contributed by atoms with Crippen molar-refractivity contribution in [2.24, 2.45) is 0 Å². The number of hydrogen-bond donors (Lipinski definition) is 0. The van der Waals surface area contributed by atoms with Gasteiger partial charge in [0.05, 0.1) is 6.20 Å². The van der Waals surface area contributed by atoms with Crippen molar-refractivity contribution in [3.8, 4) is 11.3 Å². The van der Waals surface area contributed by atoms with Crippen molar-refractivity contribution in [2.75, 3.05) is 0 Å². The fourth-order valence-electron chi connectivity index (χ4n) is 1.64. The molecule has 1 aromatic carbocycles. The number of rotatable bonds is 1. The first-order valence-corrected chi connectivity index (χ1v) is 5.62. The summed E-state index contributed by atoms with van der Waals surface area (Å²) in [7, 11) is 0. The molecule has 15 heavy (non-hydrogen) atoms. The smallest absolute Gasteiger partial charge is 0.102 e. The molecule has 2 aromatic heterocycles. The molecule has 0 aliphatic rings. The summed E-state index contributed by atoms with van der Waals surface area (Å²) in [6.07, 6.45) is 1.80. The van der Waals surface area contributed by atoms with Crippen LogP contribution in [0.5, 0.6) is 0 Å². The summed E-state index contributed by atoms with van der Waals surface area (Å²) in [6.45, 7) is 0. The Kier molecular flexibility index (Phi) is 1.96. The molecule has 72 valence electrons. The fraction of sp³-hybridized carbons (Fsp3) is 0. The van der Waals surface area contributed by atoms with E-state index in [9.17, 15) is 0 Å². The predicted molar refractivity (Wildman–Crippen MR) is 62.9 cm³/mol. The lowest BCUT2D eigenvalue weighted by Crippen LogP contribution is -1.87. The molecule has 0 atom stereocenters. The number of fused-ring (bicyclic) bond motifs is 1. The first-order valence-electron chi connectivity index (χ1n) is 4.68. The van der Waals surface area contributed by atoms with Crippen molar-refractivity contribution in [3.63, 3.8) is 0 Å². The number of aromatic nitrogens is 2. The van der Waals surface area contributed by atoms with Crippen LogP contribution < -0.4 is 0 Å². The van der Waals surface area contributed by atoms with Crippen molar-refractivity contribution in [1.82, 2.24) is 10.2 Å². The lowest BCUT2D eigenvalue weighted by molar-refractivity contribution is 1.06. The first kappa shape index (κ1) is 8.56. The van der Waals surface area contributed by atoms with E-state index in [2.05, 4.69) is 39.2 Å². The van der Waals surface area contributed by atoms with Crippen LogP contribution in [0.15, 0.2) is 47.3 Å². The quantitative estimate of drug-likeness (QED) is 0.618. The van der Waals surface area contributed by atoms with E-state index in [1.807, 2.05) is 12.1 Å². The van der Waals surface area contributed by atoms with Gasteiger partial charge in [-0.05, 0) is 11.4 Å². The lowest BCUT2D eigenvalue weighted by atomic mass is 10.1. The van der Waals surface area contributed by atoms with Crippen LogP contribution in [0.25, 0.3) is 22.0 Å². The summed E-state index contributed by atoms with van der Waals surface area (Å²) in [5.41, 5.74) is 2.11. The normalized spacial score (nSPS) is 10.7. The third-order valence-corrected chi connectivity index (χ3v) is 3.05. The van der Waals surface area contributed by atoms with Crippen molar-refractivity contribution in [3.05, 3.63) is 47.3 Å². The average molecular weight is 212 g/mol. The van der Waals surface area contributed by atoms with E-state index < -0.39 is 0 Å². The molecule has 0 radical (unpaired) electrons. The van der Waals surface area contributed by atoms with Crippen molar-refractivity contribution >= 4 is 22.1 Å².